The first kappa shape index (κ1) is 8.06. The van der Waals surface area contributed by atoms with Crippen molar-refractivity contribution >= 4 is 0 Å². The van der Waals surface area contributed by atoms with Crippen molar-refractivity contribution in [1.29, 1.82) is 0 Å². The molecule has 0 saturated carbocycles. The Labute approximate surface area is 64.4 Å². The number of rotatable bonds is 4. The lowest BCUT2D eigenvalue weighted by molar-refractivity contribution is 0.330. The van der Waals surface area contributed by atoms with E-state index in [0.717, 1.165) is 6.42 Å². The average molecular weight is 140 g/mol. The SMILES string of the molecule is [CH2]CCCCN1CCCC1. The molecule has 0 spiro atoms. The molecule has 1 heterocycles. The topological polar surface area (TPSA) is 3.24 Å². The second kappa shape index (κ2) is 4.73. The molecule has 0 N–H and O–H groups in total. The van der Waals surface area contributed by atoms with E-state index in [9.17, 15) is 0 Å². The van der Waals surface area contributed by atoms with E-state index in [2.05, 4.69) is 11.8 Å². The summed E-state index contributed by atoms with van der Waals surface area (Å²) in [6, 6.07) is 0. The Balaban J connectivity index is 1.91. The molecule has 0 aliphatic carbocycles. The molecule has 0 aromatic carbocycles. The van der Waals surface area contributed by atoms with Crippen LogP contribution in [0.5, 0.6) is 0 Å². The van der Waals surface area contributed by atoms with Gasteiger partial charge in [0.2, 0.25) is 0 Å². The summed E-state index contributed by atoms with van der Waals surface area (Å²) in [4.78, 5) is 2.57. The van der Waals surface area contributed by atoms with E-state index in [1.807, 2.05) is 0 Å². The molecule has 10 heavy (non-hydrogen) atoms. The minimum absolute atomic E-state index is 1.10. The van der Waals surface area contributed by atoms with Gasteiger partial charge in [0, 0.05) is 0 Å². The van der Waals surface area contributed by atoms with Crippen LogP contribution in [0.25, 0.3) is 0 Å². The summed E-state index contributed by atoms with van der Waals surface area (Å²) in [7, 11) is 0. The molecule has 1 rings (SSSR count). The lowest BCUT2D eigenvalue weighted by Crippen LogP contribution is -2.20. The van der Waals surface area contributed by atoms with Crippen molar-refractivity contribution < 1.29 is 0 Å². The fourth-order valence-electron chi connectivity index (χ4n) is 1.52. The average Bonchev–Trinajstić information content (AvgIpc) is 2.41. The fraction of sp³-hybridized carbons (Fsp3) is 0.889. The molecule has 0 unspecified atom stereocenters. The lowest BCUT2D eigenvalue weighted by atomic mass is 10.2. The van der Waals surface area contributed by atoms with Crippen LogP contribution < -0.4 is 0 Å². The van der Waals surface area contributed by atoms with E-state index in [-0.39, 0.29) is 0 Å². The molecule has 59 valence electrons. The minimum atomic E-state index is 1.10. The normalized spacial score (nSPS) is 20.1. The standard InChI is InChI=1S/C9H18N/c1-2-3-4-7-10-8-5-6-9-10/h1-9H2. The van der Waals surface area contributed by atoms with E-state index in [4.69, 9.17) is 0 Å². The second-order valence-electron chi connectivity index (χ2n) is 3.11. The Morgan fingerprint density at radius 1 is 1.10 bits per heavy atom. The van der Waals surface area contributed by atoms with E-state index in [0.29, 0.717) is 0 Å². The second-order valence-corrected chi connectivity index (χ2v) is 3.11. The molecule has 0 atom stereocenters. The number of hydrogen-bond acceptors (Lipinski definition) is 1. The van der Waals surface area contributed by atoms with Crippen molar-refractivity contribution in [1.82, 2.24) is 4.90 Å². The van der Waals surface area contributed by atoms with Gasteiger partial charge in [0.05, 0.1) is 0 Å². The summed E-state index contributed by atoms with van der Waals surface area (Å²) in [5.74, 6) is 0. The monoisotopic (exact) mass is 140 g/mol. The highest BCUT2D eigenvalue weighted by Gasteiger charge is 2.09. The van der Waals surface area contributed by atoms with Crippen molar-refractivity contribution in [2.24, 2.45) is 0 Å². The number of likely N-dealkylation sites (tertiary alicyclic amines) is 1. The Kier molecular flexibility index (Phi) is 3.81. The van der Waals surface area contributed by atoms with Crippen molar-refractivity contribution in [2.45, 2.75) is 32.1 Å². The highest BCUT2D eigenvalue weighted by atomic mass is 15.1. The third kappa shape index (κ3) is 2.70. The van der Waals surface area contributed by atoms with Gasteiger partial charge in [-0.25, -0.2) is 0 Å². The molecule has 1 radical (unpaired) electrons. The van der Waals surface area contributed by atoms with Gasteiger partial charge >= 0.3 is 0 Å². The van der Waals surface area contributed by atoms with Crippen molar-refractivity contribution in [3.8, 4) is 0 Å². The number of hydrogen-bond donors (Lipinski definition) is 0. The first-order chi connectivity index (χ1) is 4.93. The van der Waals surface area contributed by atoms with Crippen LogP contribution in [0, 0.1) is 6.92 Å². The zero-order chi connectivity index (χ0) is 7.23. The molecular weight excluding hydrogens is 122 g/mol. The van der Waals surface area contributed by atoms with Crippen molar-refractivity contribution in [3.05, 3.63) is 6.92 Å². The van der Waals surface area contributed by atoms with Gasteiger partial charge in [-0.3, -0.25) is 0 Å². The molecule has 0 bridgehead atoms. The van der Waals surface area contributed by atoms with Crippen LogP contribution in [-0.4, -0.2) is 24.5 Å². The van der Waals surface area contributed by atoms with Gasteiger partial charge in [-0.05, 0) is 38.9 Å². The van der Waals surface area contributed by atoms with E-state index >= 15 is 0 Å². The number of nitrogens with zero attached hydrogens (tertiary/aromatic N) is 1. The summed E-state index contributed by atoms with van der Waals surface area (Å²) in [5, 5.41) is 0. The number of unbranched alkanes of at least 4 members (excludes halogenated alkanes) is 2. The van der Waals surface area contributed by atoms with Crippen LogP contribution in [0.1, 0.15) is 32.1 Å². The molecule has 0 aromatic rings. The molecule has 1 fully saturated rings. The van der Waals surface area contributed by atoms with Crippen LogP contribution in [0.4, 0.5) is 0 Å². The van der Waals surface area contributed by atoms with Crippen LogP contribution in [0.3, 0.4) is 0 Å². The maximum absolute atomic E-state index is 3.83. The molecule has 1 saturated heterocycles. The molecular formula is C9H18N. The quantitative estimate of drug-likeness (QED) is 0.540. The van der Waals surface area contributed by atoms with Gasteiger partial charge in [-0.2, -0.15) is 0 Å². The first-order valence-electron chi connectivity index (χ1n) is 4.45. The highest BCUT2D eigenvalue weighted by molar-refractivity contribution is 4.65. The molecule has 0 amide bonds. The van der Waals surface area contributed by atoms with Gasteiger partial charge in [-0.1, -0.05) is 19.8 Å². The lowest BCUT2D eigenvalue weighted by Gasteiger charge is -2.12. The molecule has 1 heteroatoms. The summed E-state index contributed by atoms with van der Waals surface area (Å²) >= 11 is 0. The molecule has 0 aromatic heterocycles. The predicted octanol–water partition coefficient (Wildman–Crippen LogP) is 2.09. The van der Waals surface area contributed by atoms with Gasteiger partial charge in [0.25, 0.3) is 0 Å². The first-order valence-corrected chi connectivity index (χ1v) is 4.45. The summed E-state index contributed by atoms with van der Waals surface area (Å²) in [6.45, 7) is 7.84. The fourth-order valence-corrected chi connectivity index (χ4v) is 1.52. The molecule has 1 aliphatic heterocycles. The maximum atomic E-state index is 3.83. The Morgan fingerprint density at radius 3 is 2.40 bits per heavy atom. The van der Waals surface area contributed by atoms with Gasteiger partial charge in [0.1, 0.15) is 0 Å². The van der Waals surface area contributed by atoms with Gasteiger partial charge in [-0.15, -0.1) is 0 Å². The third-order valence-corrected chi connectivity index (χ3v) is 2.17. The predicted molar refractivity (Wildman–Crippen MR) is 44.9 cm³/mol. The summed E-state index contributed by atoms with van der Waals surface area (Å²) in [5.41, 5.74) is 0. The highest BCUT2D eigenvalue weighted by Crippen LogP contribution is 2.08. The smallest absolute Gasteiger partial charge is 0.00183 e. The minimum Gasteiger partial charge on any atom is -0.303 e. The Morgan fingerprint density at radius 2 is 1.80 bits per heavy atom. The Bertz CT molecular complexity index is 74.8. The van der Waals surface area contributed by atoms with Crippen molar-refractivity contribution in [3.63, 3.8) is 0 Å². The Hall–Kier alpha value is -0.0400. The van der Waals surface area contributed by atoms with E-state index in [1.165, 1.54) is 45.3 Å². The van der Waals surface area contributed by atoms with Crippen LogP contribution in [-0.2, 0) is 0 Å². The van der Waals surface area contributed by atoms with Gasteiger partial charge in [0.15, 0.2) is 0 Å². The zero-order valence-electron chi connectivity index (χ0n) is 6.81. The zero-order valence-corrected chi connectivity index (χ0v) is 6.81. The maximum Gasteiger partial charge on any atom is -0.00183 e. The van der Waals surface area contributed by atoms with Crippen molar-refractivity contribution in [2.75, 3.05) is 19.6 Å². The van der Waals surface area contributed by atoms with Crippen LogP contribution in [0.2, 0.25) is 0 Å². The van der Waals surface area contributed by atoms with E-state index in [1.54, 1.807) is 0 Å². The summed E-state index contributed by atoms with van der Waals surface area (Å²) in [6.07, 6.45) is 6.60. The third-order valence-electron chi connectivity index (χ3n) is 2.17. The van der Waals surface area contributed by atoms with E-state index < -0.39 is 0 Å². The van der Waals surface area contributed by atoms with Gasteiger partial charge < -0.3 is 4.90 Å². The summed E-state index contributed by atoms with van der Waals surface area (Å²) < 4.78 is 0. The van der Waals surface area contributed by atoms with Crippen LogP contribution >= 0.6 is 0 Å². The molecule has 1 nitrogen and oxygen atoms in total. The largest absolute Gasteiger partial charge is 0.303 e. The molecule has 1 aliphatic rings. The van der Waals surface area contributed by atoms with Crippen LogP contribution in [0.15, 0.2) is 0 Å².